The molecule has 194 valence electrons. The van der Waals surface area contributed by atoms with E-state index in [0.717, 1.165) is 26.5 Å². The van der Waals surface area contributed by atoms with Gasteiger partial charge in [0.25, 0.3) is 5.91 Å². The van der Waals surface area contributed by atoms with Crippen LogP contribution in [-0.4, -0.2) is 24.2 Å². The summed E-state index contributed by atoms with van der Waals surface area (Å²) in [5.74, 6) is 0.650. The normalized spacial score (nSPS) is 11.1. The van der Waals surface area contributed by atoms with E-state index in [-0.39, 0.29) is 12.5 Å². The van der Waals surface area contributed by atoms with Crippen LogP contribution >= 0.6 is 27.5 Å². The molecule has 8 heteroatoms. The third-order valence-electron chi connectivity index (χ3n) is 5.94. The molecule has 0 aliphatic carbocycles. The monoisotopic (exact) mass is 599 g/mol. The van der Waals surface area contributed by atoms with E-state index >= 15 is 0 Å². The summed E-state index contributed by atoms with van der Waals surface area (Å²) in [6, 6.07) is 30.1. The predicted octanol–water partition coefficient (Wildman–Crippen LogP) is 7.67. The number of hydrogen-bond donors (Lipinski definition) is 1. The molecule has 0 spiro atoms. The van der Waals surface area contributed by atoms with Gasteiger partial charge in [0, 0.05) is 26.0 Å². The van der Waals surface area contributed by atoms with Crippen molar-refractivity contribution in [2.24, 2.45) is 5.10 Å². The Balaban J connectivity index is 1.42. The SMILES string of the molecule is COc1cc(Br)cc(/C=N\NC(=O)c2cc(-c3ccccc3)nc3ccccc23)c1OCc1cccc(Cl)c1. The van der Waals surface area contributed by atoms with Gasteiger partial charge < -0.3 is 9.47 Å². The molecule has 0 unspecified atom stereocenters. The lowest BCUT2D eigenvalue weighted by Crippen LogP contribution is -2.18. The van der Waals surface area contributed by atoms with Gasteiger partial charge in [0.2, 0.25) is 0 Å². The number of fused-ring (bicyclic) bond motifs is 1. The summed E-state index contributed by atoms with van der Waals surface area (Å²) in [7, 11) is 1.57. The highest BCUT2D eigenvalue weighted by molar-refractivity contribution is 9.10. The van der Waals surface area contributed by atoms with Crippen molar-refractivity contribution in [1.29, 1.82) is 0 Å². The number of nitrogens with zero attached hydrogens (tertiary/aromatic N) is 2. The lowest BCUT2D eigenvalue weighted by Gasteiger charge is -2.14. The van der Waals surface area contributed by atoms with Crippen LogP contribution in [0.4, 0.5) is 0 Å². The zero-order chi connectivity index (χ0) is 27.2. The fourth-order valence-electron chi connectivity index (χ4n) is 4.11. The molecule has 0 bridgehead atoms. The van der Waals surface area contributed by atoms with Gasteiger partial charge in [-0.05, 0) is 42.0 Å². The Morgan fingerprint density at radius 2 is 1.79 bits per heavy atom. The number of hydrazone groups is 1. The number of benzene rings is 4. The second-order valence-electron chi connectivity index (χ2n) is 8.58. The van der Waals surface area contributed by atoms with Gasteiger partial charge in [-0.2, -0.15) is 5.10 Å². The molecule has 39 heavy (non-hydrogen) atoms. The van der Waals surface area contributed by atoms with Gasteiger partial charge in [-0.15, -0.1) is 0 Å². The molecule has 5 rings (SSSR count). The molecule has 0 aliphatic rings. The van der Waals surface area contributed by atoms with E-state index in [1.54, 1.807) is 25.3 Å². The largest absolute Gasteiger partial charge is 0.493 e. The molecule has 1 N–H and O–H groups in total. The number of hydrogen-bond acceptors (Lipinski definition) is 5. The molecule has 0 atom stereocenters. The van der Waals surface area contributed by atoms with Crippen molar-refractivity contribution in [2.75, 3.05) is 7.11 Å². The van der Waals surface area contributed by atoms with Gasteiger partial charge in [0.1, 0.15) is 6.61 Å². The quantitative estimate of drug-likeness (QED) is 0.147. The van der Waals surface area contributed by atoms with Crippen molar-refractivity contribution in [1.82, 2.24) is 10.4 Å². The van der Waals surface area contributed by atoms with E-state index in [4.69, 9.17) is 26.1 Å². The molecular weight excluding hydrogens is 578 g/mol. The highest BCUT2D eigenvalue weighted by Gasteiger charge is 2.15. The molecule has 0 aliphatic heterocycles. The Hall–Kier alpha value is -4.20. The third kappa shape index (κ3) is 6.28. The minimum absolute atomic E-state index is 0.275. The Morgan fingerprint density at radius 3 is 2.59 bits per heavy atom. The topological polar surface area (TPSA) is 72.8 Å². The van der Waals surface area contributed by atoms with Crippen molar-refractivity contribution in [3.8, 4) is 22.8 Å². The van der Waals surface area contributed by atoms with E-state index in [1.165, 1.54) is 6.21 Å². The van der Waals surface area contributed by atoms with Crippen molar-refractivity contribution in [2.45, 2.75) is 6.61 Å². The number of aromatic nitrogens is 1. The molecule has 1 heterocycles. The molecule has 0 saturated heterocycles. The molecule has 4 aromatic carbocycles. The highest BCUT2D eigenvalue weighted by Crippen LogP contribution is 2.35. The standard InChI is InChI=1S/C31H23BrClN3O3/c1-38-29-16-23(32)15-22(30(29)39-19-20-8-7-11-24(33)14-20)18-34-36-31(37)26-17-28(21-9-3-2-4-10-21)35-27-13-6-5-12-25(26)27/h2-18H,19H2,1H3,(H,36,37)/b34-18-. The first-order valence-electron chi connectivity index (χ1n) is 12.0. The highest BCUT2D eigenvalue weighted by atomic mass is 79.9. The van der Waals surface area contributed by atoms with Gasteiger partial charge in [0.05, 0.1) is 30.1 Å². The first-order valence-corrected chi connectivity index (χ1v) is 13.2. The molecular formula is C31H23BrClN3O3. The summed E-state index contributed by atoms with van der Waals surface area (Å²) < 4.78 is 12.4. The number of rotatable bonds is 8. The number of ether oxygens (including phenoxy) is 2. The zero-order valence-corrected chi connectivity index (χ0v) is 23.2. The summed E-state index contributed by atoms with van der Waals surface area (Å²) in [6.45, 7) is 0.275. The predicted molar refractivity (Wildman–Crippen MR) is 159 cm³/mol. The lowest BCUT2D eigenvalue weighted by atomic mass is 10.0. The van der Waals surface area contributed by atoms with Crippen LogP contribution < -0.4 is 14.9 Å². The summed E-state index contributed by atoms with van der Waals surface area (Å²) in [4.78, 5) is 18.1. The van der Waals surface area contributed by atoms with E-state index in [9.17, 15) is 4.79 Å². The van der Waals surface area contributed by atoms with Crippen LogP contribution in [0.5, 0.6) is 11.5 Å². The van der Waals surface area contributed by atoms with Gasteiger partial charge in [-0.3, -0.25) is 4.79 Å². The first-order chi connectivity index (χ1) is 19.0. The maximum absolute atomic E-state index is 13.3. The van der Waals surface area contributed by atoms with Crippen LogP contribution in [0.3, 0.4) is 0 Å². The average Bonchev–Trinajstić information content (AvgIpc) is 2.96. The van der Waals surface area contributed by atoms with Gasteiger partial charge in [-0.1, -0.05) is 88.2 Å². The lowest BCUT2D eigenvalue weighted by molar-refractivity contribution is 0.0956. The molecule has 5 aromatic rings. The van der Waals surface area contributed by atoms with Crippen molar-refractivity contribution in [3.63, 3.8) is 0 Å². The van der Waals surface area contributed by atoms with E-state index < -0.39 is 0 Å². The number of para-hydroxylation sites is 1. The minimum Gasteiger partial charge on any atom is -0.493 e. The van der Waals surface area contributed by atoms with Crippen molar-refractivity contribution >= 4 is 50.6 Å². The number of amides is 1. The fourth-order valence-corrected chi connectivity index (χ4v) is 4.78. The zero-order valence-electron chi connectivity index (χ0n) is 20.9. The van der Waals surface area contributed by atoms with Crippen LogP contribution in [0.25, 0.3) is 22.2 Å². The average molecular weight is 601 g/mol. The Morgan fingerprint density at radius 1 is 1.00 bits per heavy atom. The molecule has 6 nitrogen and oxygen atoms in total. The number of carbonyl (C=O) groups excluding carboxylic acids is 1. The Kier molecular flexibility index (Phi) is 8.20. The van der Waals surface area contributed by atoms with Crippen LogP contribution in [0.15, 0.2) is 107 Å². The van der Waals surface area contributed by atoms with Gasteiger partial charge >= 0.3 is 0 Å². The van der Waals surface area contributed by atoms with Crippen LogP contribution in [-0.2, 0) is 6.61 Å². The van der Waals surface area contributed by atoms with E-state index in [0.29, 0.717) is 33.3 Å². The maximum atomic E-state index is 13.3. The molecule has 1 aromatic heterocycles. The van der Waals surface area contributed by atoms with E-state index in [1.807, 2.05) is 78.9 Å². The smallest absolute Gasteiger partial charge is 0.272 e. The molecule has 0 radical (unpaired) electrons. The van der Waals surface area contributed by atoms with Gasteiger partial charge in [0.15, 0.2) is 11.5 Å². The van der Waals surface area contributed by atoms with Crippen molar-refractivity contribution in [3.05, 3.63) is 123 Å². The third-order valence-corrected chi connectivity index (χ3v) is 6.63. The second kappa shape index (κ2) is 12.1. The maximum Gasteiger partial charge on any atom is 0.272 e. The Bertz CT molecular complexity index is 1680. The Labute approximate surface area is 239 Å². The van der Waals surface area contributed by atoms with E-state index in [2.05, 4.69) is 26.5 Å². The molecule has 0 saturated carbocycles. The van der Waals surface area contributed by atoms with Gasteiger partial charge in [-0.25, -0.2) is 10.4 Å². The number of methoxy groups -OCH3 is 1. The summed E-state index contributed by atoms with van der Waals surface area (Å²) in [5, 5.41) is 5.61. The minimum atomic E-state index is -0.356. The number of pyridine rings is 1. The van der Waals surface area contributed by atoms with Crippen molar-refractivity contribution < 1.29 is 14.3 Å². The fraction of sp³-hybridized carbons (Fsp3) is 0.0645. The number of carbonyl (C=O) groups is 1. The summed E-state index contributed by atoms with van der Waals surface area (Å²) in [6.07, 6.45) is 1.53. The van der Waals surface area contributed by atoms with Crippen LogP contribution in [0.1, 0.15) is 21.5 Å². The summed E-state index contributed by atoms with van der Waals surface area (Å²) >= 11 is 9.61. The second-order valence-corrected chi connectivity index (χ2v) is 9.93. The van der Waals surface area contributed by atoms with Crippen LogP contribution in [0.2, 0.25) is 5.02 Å². The first kappa shape index (κ1) is 26.4. The number of halogens is 2. The summed E-state index contributed by atoms with van der Waals surface area (Å²) in [5.41, 5.74) is 7.00. The molecule has 0 fully saturated rings. The number of nitrogens with one attached hydrogen (secondary N) is 1. The molecule has 1 amide bonds. The van der Waals surface area contributed by atoms with Crippen LogP contribution in [0, 0.1) is 0 Å².